The van der Waals surface area contributed by atoms with Gasteiger partial charge in [-0.1, -0.05) is 30.3 Å². The largest absolute Gasteiger partial charge is 0.478 e. The molecule has 6 aromatic rings. The molecule has 0 spiro atoms. The zero-order valence-corrected chi connectivity index (χ0v) is 34.8. The molecule has 0 fully saturated rings. The number of carbonyl (C=O) groups is 1. The summed E-state index contributed by atoms with van der Waals surface area (Å²) in [5.41, 5.74) is 6.17. The highest BCUT2D eigenvalue weighted by Gasteiger charge is 2.27. The van der Waals surface area contributed by atoms with Crippen LogP contribution in [0.25, 0.3) is 33.1 Å². The topological polar surface area (TPSA) is 202 Å². The predicted molar refractivity (Wildman–Crippen MR) is 231 cm³/mol. The van der Waals surface area contributed by atoms with Gasteiger partial charge in [0.2, 0.25) is 20.0 Å². The molecule has 0 aliphatic carbocycles. The Bertz CT molecular complexity index is 2920. The SMILES string of the molecule is CCN(c1ccc2c(-c3ccccc3C(=O)O)c3ccc(N(CCCS(=O)(=O)O)c4cc(C)ccc4NS(C)(=O)=O)cc3[o+]c2c1)c1cc(C)ccc1NS(C)(=O)=O. The maximum Gasteiger partial charge on any atom is 0.363 e. The van der Waals surface area contributed by atoms with E-state index >= 15 is 0 Å². The molecule has 58 heavy (non-hydrogen) atoms. The molecule has 0 atom stereocenters. The van der Waals surface area contributed by atoms with Crippen LogP contribution in [-0.4, -0.2) is 72.2 Å². The minimum absolute atomic E-state index is 0.0272. The Balaban J connectivity index is 1.62. The second-order valence-corrected chi connectivity index (χ2v) is 19.1. The van der Waals surface area contributed by atoms with Crippen molar-refractivity contribution < 1.29 is 44.1 Å². The second-order valence-electron chi connectivity index (χ2n) is 14.0. The first-order valence-electron chi connectivity index (χ1n) is 18.0. The van der Waals surface area contributed by atoms with Crippen LogP contribution in [0.5, 0.6) is 0 Å². The van der Waals surface area contributed by atoms with Crippen molar-refractivity contribution in [1.29, 1.82) is 0 Å². The lowest BCUT2D eigenvalue weighted by Gasteiger charge is -2.27. The van der Waals surface area contributed by atoms with Crippen LogP contribution in [0.3, 0.4) is 0 Å². The lowest BCUT2D eigenvalue weighted by molar-refractivity contribution is 0.0697. The van der Waals surface area contributed by atoms with Gasteiger partial charge >= 0.3 is 17.1 Å². The number of anilines is 6. The average molecular weight is 848 g/mol. The van der Waals surface area contributed by atoms with Gasteiger partial charge in [-0.3, -0.25) is 14.0 Å². The summed E-state index contributed by atoms with van der Waals surface area (Å²) >= 11 is 0. The van der Waals surface area contributed by atoms with Crippen molar-refractivity contribution in [1.82, 2.24) is 0 Å². The van der Waals surface area contributed by atoms with Crippen LogP contribution in [0.2, 0.25) is 0 Å². The Kier molecular flexibility index (Phi) is 11.7. The van der Waals surface area contributed by atoms with Gasteiger partial charge in [0.05, 0.1) is 80.9 Å². The molecule has 0 aliphatic rings. The van der Waals surface area contributed by atoms with E-state index in [0.717, 1.165) is 23.6 Å². The van der Waals surface area contributed by atoms with Gasteiger partial charge in [0.1, 0.15) is 0 Å². The number of sulfonamides is 2. The third kappa shape index (κ3) is 9.67. The molecule has 5 aromatic carbocycles. The first-order chi connectivity index (χ1) is 27.2. The van der Waals surface area contributed by atoms with Crippen molar-refractivity contribution in [2.75, 3.05) is 50.6 Å². The summed E-state index contributed by atoms with van der Waals surface area (Å²) in [6.45, 7) is 6.11. The van der Waals surface area contributed by atoms with Crippen molar-refractivity contribution in [3.8, 4) is 11.1 Å². The molecule has 0 saturated heterocycles. The van der Waals surface area contributed by atoms with E-state index in [-0.39, 0.29) is 24.2 Å². The molecule has 304 valence electrons. The highest BCUT2D eigenvalue weighted by atomic mass is 32.2. The number of benzene rings is 5. The van der Waals surface area contributed by atoms with Crippen molar-refractivity contribution in [3.05, 3.63) is 114 Å². The lowest BCUT2D eigenvalue weighted by Crippen LogP contribution is -2.23. The number of hydrogen-bond donors (Lipinski definition) is 4. The molecular weight excluding hydrogens is 805 g/mol. The van der Waals surface area contributed by atoms with Gasteiger partial charge in [0, 0.05) is 18.7 Å². The third-order valence-electron chi connectivity index (χ3n) is 9.32. The molecule has 1 aromatic heterocycles. The van der Waals surface area contributed by atoms with Crippen LogP contribution < -0.4 is 19.2 Å². The molecule has 6 rings (SSSR count). The predicted octanol–water partition coefficient (Wildman–Crippen LogP) is 8.17. The van der Waals surface area contributed by atoms with E-state index in [0.29, 0.717) is 68.0 Å². The van der Waals surface area contributed by atoms with E-state index in [4.69, 9.17) is 4.42 Å². The Morgan fingerprint density at radius 1 is 0.690 bits per heavy atom. The Labute approximate surface area is 337 Å². The van der Waals surface area contributed by atoms with Crippen molar-refractivity contribution in [2.24, 2.45) is 0 Å². The van der Waals surface area contributed by atoms with E-state index in [1.165, 1.54) is 6.07 Å². The van der Waals surface area contributed by atoms with E-state index in [2.05, 4.69) is 9.44 Å². The number of aromatic carboxylic acids is 1. The molecule has 0 aliphatic heterocycles. The fourth-order valence-corrected chi connectivity index (χ4v) is 8.61. The number of carboxylic acids is 1. The summed E-state index contributed by atoms with van der Waals surface area (Å²) in [7, 11) is -11.7. The summed E-state index contributed by atoms with van der Waals surface area (Å²) < 4.78 is 94.5. The van der Waals surface area contributed by atoms with Crippen molar-refractivity contribution in [3.63, 3.8) is 0 Å². The fourth-order valence-electron chi connectivity index (χ4n) is 6.97. The molecule has 0 amide bonds. The molecule has 14 nitrogen and oxygen atoms in total. The first kappa shape index (κ1) is 41.9. The molecule has 0 bridgehead atoms. The highest BCUT2D eigenvalue weighted by Crippen LogP contribution is 2.43. The molecular formula is C41H43N4O10S3+. The third-order valence-corrected chi connectivity index (χ3v) is 11.3. The van der Waals surface area contributed by atoms with Gasteiger partial charge in [-0.2, -0.15) is 8.42 Å². The Morgan fingerprint density at radius 3 is 1.67 bits per heavy atom. The number of aryl methyl sites for hydroxylation is 2. The molecule has 4 N–H and O–H groups in total. The van der Waals surface area contributed by atoms with Crippen molar-refractivity contribution >= 4 is 92.2 Å². The van der Waals surface area contributed by atoms with Crippen LogP contribution >= 0.6 is 0 Å². The van der Waals surface area contributed by atoms with Crippen molar-refractivity contribution in [2.45, 2.75) is 27.2 Å². The standard InChI is InChI=1S/C41H42N4O10S3/c1-6-44(36-22-26(2)12-18-34(36)42-56(4,48)49)28-14-16-32-38(24-28)55-39-25-29(15-17-33(39)40(32)30-10-7-8-11-31(30)41(46)47)45(20-9-21-58(52,53)54)37-23-27(3)13-19-35(37)43-57(5,50)51/h7-8,10-19,22-25,42-43H,6,9,20-21H2,1-5H3,(H-,46,47,52,53,54)/p+1. The zero-order chi connectivity index (χ0) is 42.2. The number of nitrogens with one attached hydrogen (secondary N) is 2. The van der Waals surface area contributed by atoms with E-state index in [1.54, 1.807) is 77.7 Å². The van der Waals surface area contributed by atoms with Gasteiger partial charge in [-0.05, 0) is 98.5 Å². The smallest absolute Gasteiger partial charge is 0.363 e. The fraction of sp³-hybridized carbons (Fsp3) is 0.220. The minimum Gasteiger partial charge on any atom is -0.478 e. The molecule has 1 heterocycles. The number of nitrogens with zero attached hydrogens (tertiary/aromatic N) is 2. The summed E-state index contributed by atoms with van der Waals surface area (Å²) in [5.74, 6) is -1.69. The van der Waals surface area contributed by atoms with Gasteiger partial charge in [-0.15, -0.1) is 0 Å². The molecule has 0 radical (unpaired) electrons. The van der Waals surface area contributed by atoms with Crippen LogP contribution in [0.1, 0.15) is 34.8 Å². The zero-order valence-electron chi connectivity index (χ0n) is 32.3. The van der Waals surface area contributed by atoms with E-state index in [1.807, 2.05) is 43.9 Å². The lowest BCUT2D eigenvalue weighted by atomic mass is 9.93. The summed E-state index contributed by atoms with van der Waals surface area (Å²) in [6.07, 6.45) is 2.07. The normalized spacial score (nSPS) is 12.1. The van der Waals surface area contributed by atoms with Gasteiger partial charge in [0.25, 0.3) is 10.1 Å². The monoisotopic (exact) mass is 847 g/mol. The Morgan fingerprint density at radius 2 is 1.19 bits per heavy atom. The molecule has 0 unspecified atom stereocenters. The second kappa shape index (κ2) is 16.2. The van der Waals surface area contributed by atoms with Gasteiger partial charge in [0.15, 0.2) is 0 Å². The quantitative estimate of drug-likeness (QED) is 0.0439. The maximum absolute atomic E-state index is 12.6. The number of fused-ring (bicyclic) bond motifs is 2. The first-order valence-corrected chi connectivity index (χ1v) is 23.4. The maximum atomic E-state index is 12.6. The highest BCUT2D eigenvalue weighted by molar-refractivity contribution is 7.92. The number of carboxylic acid groups (broad SMARTS) is 1. The number of rotatable bonds is 15. The van der Waals surface area contributed by atoms with Crippen LogP contribution in [0.4, 0.5) is 34.1 Å². The summed E-state index contributed by atoms with van der Waals surface area (Å²) in [4.78, 5) is 16.2. The van der Waals surface area contributed by atoms with E-state index in [9.17, 15) is 39.7 Å². The van der Waals surface area contributed by atoms with Crippen LogP contribution in [0.15, 0.2) is 101 Å². The molecule has 0 saturated carbocycles. The Hall–Kier alpha value is -5.75. The average Bonchev–Trinajstić information content (AvgIpc) is 3.13. The van der Waals surface area contributed by atoms with Crippen LogP contribution in [-0.2, 0) is 30.2 Å². The van der Waals surface area contributed by atoms with Crippen LogP contribution in [0, 0.1) is 13.8 Å². The van der Waals surface area contributed by atoms with E-state index < -0.39 is 41.9 Å². The minimum atomic E-state index is -4.33. The molecule has 17 heteroatoms. The summed E-state index contributed by atoms with van der Waals surface area (Å²) in [5, 5.41) is 11.4. The van der Waals surface area contributed by atoms with Gasteiger partial charge < -0.3 is 14.9 Å². The summed E-state index contributed by atoms with van der Waals surface area (Å²) in [6, 6.07) is 27.8. The van der Waals surface area contributed by atoms with Gasteiger partial charge in [-0.25, -0.2) is 26.0 Å². The number of hydrogen-bond acceptors (Lipinski definition) is 9.